The Morgan fingerprint density at radius 2 is 1.74 bits per heavy atom. The summed E-state index contributed by atoms with van der Waals surface area (Å²) in [7, 11) is 3.47. The van der Waals surface area contributed by atoms with Crippen LogP contribution in [-0.2, 0) is 25.3 Å². The van der Waals surface area contributed by atoms with Gasteiger partial charge in [-0.3, -0.25) is 9.13 Å². The van der Waals surface area contributed by atoms with Crippen molar-refractivity contribution >= 4 is 28.7 Å². The number of hydrogen-bond donors (Lipinski definition) is 1. The minimum atomic E-state index is -0.646. The Labute approximate surface area is 211 Å². The number of imidazole rings is 1. The van der Waals surface area contributed by atoms with E-state index in [9.17, 15) is 14.7 Å². The lowest BCUT2D eigenvalue weighted by molar-refractivity contribution is 0.0247. The van der Waals surface area contributed by atoms with Crippen molar-refractivity contribution in [2.45, 2.75) is 58.2 Å². The van der Waals surface area contributed by atoms with Crippen molar-refractivity contribution in [1.29, 1.82) is 0 Å². The largest absolute Gasteiger partial charge is 0.444 e. The number of aryl methyl sites for hydroxylation is 2. The molecule has 35 heavy (non-hydrogen) atoms. The molecule has 0 aliphatic heterocycles. The van der Waals surface area contributed by atoms with E-state index in [2.05, 4.69) is 0 Å². The van der Waals surface area contributed by atoms with Gasteiger partial charge in [-0.1, -0.05) is 35.9 Å². The number of ether oxygens (including phenoxy) is 1. The van der Waals surface area contributed by atoms with E-state index in [1.54, 1.807) is 28.1 Å². The molecular weight excluding hydrogens is 466 g/mol. The molecule has 1 amide bonds. The average Bonchev–Trinajstić information content (AvgIpc) is 3.01. The topological polar surface area (TPSA) is 76.7 Å². The van der Waals surface area contributed by atoms with E-state index < -0.39 is 11.7 Å². The zero-order valence-corrected chi connectivity index (χ0v) is 22.0. The van der Waals surface area contributed by atoms with E-state index in [0.717, 1.165) is 35.0 Å². The number of carbonyl (C=O) groups is 1. The first-order chi connectivity index (χ1) is 16.5. The molecule has 1 aromatic heterocycles. The molecule has 0 saturated carbocycles. The van der Waals surface area contributed by atoms with Gasteiger partial charge in [0, 0.05) is 32.2 Å². The highest BCUT2D eigenvalue weighted by Crippen LogP contribution is 2.24. The number of carbonyl (C=O) groups excluding carboxylic acids is 1. The fourth-order valence-corrected chi connectivity index (χ4v) is 4.35. The van der Waals surface area contributed by atoms with Gasteiger partial charge in [0.25, 0.3) is 0 Å². The molecule has 7 nitrogen and oxygen atoms in total. The number of amides is 1. The maximum atomic E-state index is 12.8. The molecule has 0 bridgehead atoms. The van der Waals surface area contributed by atoms with E-state index in [4.69, 9.17) is 16.3 Å². The lowest BCUT2D eigenvalue weighted by atomic mass is 10.0. The Hall–Kier alpha value is -2.77. The molecule has 0 aliphatic rings. The summed E-state index contributed by atoms with van der Waals surface area (Å²) in [6.07, 6.45) is 1.66. The molecule has 1 atom stereocenters. The van der Waals surface area contributed by atoms with Gasteiger partial charge in [-0.25, -0.2) is 9.59 Å². The number of benzene rings is 2. The number of rotatable bonds is 9. The molecule has 0 radical (unpaired) electrons. The lowest BCUT2D eigenvalue weighted by Gasteiger charge is -2.27. The molecule has 0 fully saturated rings. The molecule has 1 unspecified atom stereocenters. The van der Waals surface area contributed by atoms with Crippen LogP contribution in [0, 0.1) is 0 Å². The fourth-order valence-electron chi connectivity index (χ4n) is 4.12. The van der Waals surface area contributed by atoms with Gasteiger partial charge in [-0.2, -0.15) is 0 Å². The third-order valence-corrected chi connectivity index (χ3v) is 6.47. The van der Waals surface area contributed by atoms with E-state index in [-0.39, 0.29) is 11.8 Å². The third kappa shape index (κ3) is 6.89. The fraction of sp³-hybridized carbons (Fsp3) is 0.481. The molecular formula is C27H36ClN3O4. The number of unbranched alkanes of at least 4 members (excludes halogenated alkanes) is 1. The van der Waals surface area contributed by atoms with Crippen molar-refractivity contribution in [3.63, 3.8) is 0 Å². The highest BCUT2D eigenvalue weighted by Gasteiger charge is 2.22. The van der Waals surface area contributed by atoms with Gasteiger partial charge in [0.15, 0.2) is 0 Å². The predicted octanol–water partition coefficient (Wildman–Crippen LogP) is 5.21. The quantitative estimate of drug-likeness (QED) is 0.408. The Morgan fingerprint density at radius 1 is 1.06 bits per heavy atom. The van der Waals surface area contributed by atoms with Gasteiger partial charge in [-0.05, 0) is 75.8 Å². The van der Waals surface area contributed by atoms with Crippen molar-refractivity contribution < 1.29 is 14.6 Å². The Morgan fingerprint density at radius 3 is 2.43 bits per heavy atom. The van der Waals surface area contributed by atoms with Crippen molar-refractivity contribution in [3.8, 4) is 0 Å². The molecule has 3 rings (SSSR count). The van der Waals surface area contributed by atoms with Crippen LogP contribution in [0.5, 0.6) is 0 Å². The molecule has 0 spiro atoms. The molecule has 0 aliphatic carbocycles. The number of hydrogen-bond acceptors (Lipinski definition) is 4. The Bertz CT molecular complexity index is 1230. The van der Waals surface area contributed by atoms with Crippen molar-refractivity contribution in [3.05, 3.63) is 69.1 Å². The minimum absolute atomic E-state index is 0.0920. The second kappa shape index (κ2) is 11.3. The normalized spacial score (nSPS) is 12.7. The maximum absolute atomic E-state index is 12.8. The molecule has 190 valence electrons. The summed E-state index contributed by atoms with van der Waals surface area (Å²) in [5.41, 5.74) is 2.73. The summed E-state index contributed by atoms with van der Waals surface area (Å²) >= 11 is 6.29. The highest BCUT2D eigenvalue weighted by molar-refractivity contribution is 6.31. The van der Waals surface area contributed by atoms with E-state index >= 15 is 0 Å². The second-order valence-corrected chi connectivity index (χ2v) is 10.4. The van der Waals surface area contributed by atoms with Crippen LogP contribution in [0.25, 0.3) is 11.0 Å². The third-order valence-electron chi connectivity index (χ3n) is 6.10. The molecule has 2 aromatic carbocycles. The SMILES string of the molecule is Cn1c(=O)n(C)c2cc(C(O)CCCCN(CCc3ccccc3Cl)C(=O)OC(C)(C)C)ccc21. The second-order valence-electron chi connectivity index (χ2n) is 9.97. The number of fused-ring (bicyclic) bond motifs is 1. The van der Waals surface area contributed by atoms with Crippen LogP contribution in [0.15, 0.2) is 47.3 Å². The molecule has 1 N–H and O–H groups in total. The number of nitrogens with zero attached hydrogens (tertiary/aromatic N) is 3. The van der Waals surface area contributed by atoms with Gasteiger partial charge < -0.3 is 14.7 Å². The van der Waals surface area contributed by atoms with E-state index in [1.165, 1.54) is 0 Å². The van der Waals surface area contributed by atoms with Crippen LogP contribution in [0.4, 0.5) is 4.79 Å². The van der Waals surface area contributed by atoms with E-state index in [0.29, 0.717) is 31.0 Å². The maximum Gasteiger partial charge on any atom is 0.410 e. The van der Waals surface area contributed by atoms with Crippen LogP contribution >= 0.6 is 11.6 Å². The summed E-state index contributed by atoms with van der Waals surface area (Å²) in [6.45, 7) is 6.59. The first kappa shape index (κ1) is 26.8. The zero-order chi connectivity index (χ0) is 25.8. The van der Waals surface area contributed by atoms with Gasteiger partial charge in [-0.15, -0.1) is 0 Å². The first-order valence-electron chi connectivity index (χ1n) is 12.0. The minimum Gasteiger partial charge on any atom is -0.444 e. The van der Waals surface area contributed by atoms with Crippen LogP contribution in [0.2, 0.25) is 5.02 Å². The molecule has 3 aromatic rings. The summed E-state index contributed by atoms with van der Waals surface area (Å²) in [5.74, 6) is 0. The van der Waals surface area contributed by atoms with Gasteiger partial charge in [0.05, 0.1) is 17.1 Å². The number of halogens is 1. The predicted molar refractivity (Wildman–Crippen MR) is 140 cm³/mol. The van der Waals surface area contributed by atoms with Crippen molar-refractivity contribution in [1.82, 2.24) is 14.0 Å². The standard InChI is InChI=1S/C27H36ClN3O4/c1-27(2,3)35-26(34)31(17-15-19-10-6-7-11-21(19)28)16-9-8-12-24(32)20-13-14-22-23(18-20)30(5)25(33)29(22)4/h6-7,10-11,13-14,18,24,32H,8-9,12,15-17H2,1-5H3. The van der Waals surface area contributed by atoms with Crippen LogP contribution in [0.1, 0.15) is 57.3 Å². The first-order valence-corrected chi connectivity index (χ1v) is 12.4. The summed E-state index contributed by atoms with van der Waals surface area (Å²) < 4.78 is 8.79. The van der Waals surface area contributed by atoms with Crippen molar-refractivity contribution in [2.24, 2.45) is 14.1 Å². The zero-order valence-electron chi connectivity index (χ0n) is 21.3. The average molecular weight is 502 g/mol. The summed E-state index contributed by atoms with van der Waals surface area (Å²) in [5, 5.41) is 11.4. The van der Waals surface area contributed by atoms with Gasteiger partial charge in [0.1, 0.15) is 5.60 Å². The van der Waals surface area contributed by atoms with Crippen LogP contribution in [-0.4, -0.2) is 43.9 Å². The van der Waals surface area contributed by atoms with E-state index in [1.807, 2.05) is 63.2 Å². The van der Waals surface area contributed by atoms with Crippen LogP contribution < -0.4 is 5.69 Å². The number of aliphatic hydroxyl groups is 1. The lowest BCUT2D eigenvalue weighted by Crippen LogP contribution is -2.38. The monoisotopic (exact) mass is 501 g/mol. The molecule has 1 heterocycles. The summed E-state index contributed by atoms with van der Waals surface area (Å²) in [6, 6.07) is 13.2. The number of aromatic nitrogens is 2. The van der Waals surface area contributed by atoms with Crippen LogP contribution in [0.3, 0.4) is 0 Å². The summed E-state index contributed by atoms with van der Waals surface area (Å²) in [4.78, 5) is 26.7. The number of aliphatic hydroxyl groups excluding tert-OH is 1. The Kier molecular flexibility index (Phi) is 8.67. The van der Waals surface area contributed by atoms with Gasteiger partial charge in [0.2, 0.25) is 0 Å². The molecule has 0 saturated heterocycles. The Balaban J connectivity index is 1.59. The highest BCUT2D eigenvalue weighted by atomic mass is 35.5. The molecule has 8 heteroatoms. The smallest absolute Gasteiger partial charge is 0.410 e. The van der Waals surface area contributed by atoms with Gasteiger partial charge >= 0.3 is 11.8 Å². The van der Waals surface area contributed by atoms with Crippen molar-refractivity contribution in [2.75, 3.05) is 13.1 Å².